The number of anilines is 1. The number of nitrogen functional groups attached to an aromatic ring is 1. The number of hydrogen-bond acceptors (Lipinski definition) is 8. The third kappa shape index (κ3) is 8.50. The number of halogens is 2. The first-order valence-corrected chi connectivity index (χ1v) is 11.5. The van der Waals surface area contributed by atoms with Gasteiger partial charge in [-0.1, -0.05) is 36.4 Å². The highest BCUT2D eigenvalue weighted by Crippen LogP contribution is 2.28. The first-order chi connectivity index (χ1) is 17.1. The van der Waals surface area contributed by atoms with E-state index in [9.17, 15) is 28.3 Å². The van der Waals surface area contributed by atoms with Gasteiger partial charge in [0.15, 0.2) is 5.78 Å². The van der Waals surface area contributed by atoms with Crippen LogP contribution in [0.25, 0.3) is 0 Å². The van der Waals surface area contributed by atoms with Crippen molar-refractivity contribution in [1.29, 1.82) is 0 Å². The van der Waals surface area contributed by atoms with Crippen molar-refractivity contribution >= 4 is 23.5 Å². The molecule has 2 rings (SSSR count). The van der Waals surface area contributed by atoms with E-state index in [1.165, 1.54) is 18.2 Å². The van der Waals surface area contributed by atoms with E-state index in [2.05, 4.69) is 5.32 Å². The quantitative estimate of drug-likeness (QED) is 0.275. The van der Waals surface area contributed by atoms with Crippen molar-refractivity contribution < 1.29 is 37.7 Å². The molecule has 11 heteroatoms. The van der Waals surface area contributed by atoms with E-state index in [-0.39, 0.29) is 29.8 Å². The fraction of sp³-hybridized carbons (Fsp3) is 0.423. The Balaban J connectivity index is 2.27. The predicted octanol–water partition coefficient (Wildman–Crippen LogP) is 2.97. The molecule has 0 aliphatic heterocycles. The van der Waals surface area contributed by atoms with Gasteiger partial charge in [0.05, 0.1) is 11.6 Å². The molecular weight excluding hydrogens is 488 g/mol. The molecule has 1 amide bonds. The number of aliphatic hydroxyl groups excluding tert-OH is 1. The molecule has 6 N–H and O–H groups in total. The number of alkyl halides is 2. The zero-order chi connectivity index (χ0) is 28.0. The third-order valence-corrected chi connectivity index (χ3v) is 5.36. The molecule has 9 nitrogen and oxygen atoms in total. The van der Waals surface area contributed by atoms with E-state index >= 15 is 0 Å². The van der Waals surface area contributed by atoms with Gasteiger partial charge < -0.3 is 31.4 Å². The van der Waals surface area contributed by atoms with Gasteiger partial charge in [-0.05, 0) is 57.4 Å². The number of carbonyl (C=O) groups is 3. The van der Waals surface area contributed by atoms with Gasteiger partial charge in [0, 0.05) is 5.69 Å². The topological polar surface area (TPSA) is 154 Å². The Morgan fingerprint density at radius 3 is 2.24 bits per heavy atom. The number of aliphatic hydroxyl groups is 1. The Kier molecular flexibility index (Phi) is 9.71. The number of rotatable bonds is 10. The van der Waals surface area contributed by atoms with Gasteiger partial charge in [0.1, 0.15) is 24.4 Å². The molecule has 0 spiro atoms. The van der Waals surface area contributed by atoms with Gasteiger partial charge >= 0.3 is 12.1 Å². The summed E-state index contributed by atoms with van der Waals surface area (Å²) in [5.41, 5.74) is 11.7. The summed E-state index contributed by atoms with van der Waals surface area (Å²) in [5.74, 6) is -5.77. The number of nitrogens with one attached hydrogen (secondary N) is 1. The number of carbonyl (C=O) groups excluding carboxylic acids is 3. The fourth-order valence-electron chi connectivity index (χ4n) is 3.36. The first-order valence-electron chi connectivity index (χ1n) is 11.5. The van der Waals surface area contributed by atoms with Gasteiger partial charge in [0.2, 0.25) is 0 Å². The summed E-state index contributed by atoms with van der Waals surface area (Å²) < 4.78 is 40.1. The van der Waals surface area contributed by atoms with Crippen molar-refractivity contribution in [1.82, 2.24) is 5.32 Å². The molecule has 3 atom stereocenters. The van der Waals surface area contributed by atoms with Crippen LogP contribution < -0.4 is 16.8 Å². The normalized spacial score (nSPS) is 14.3. The predicted molar refractivity (Wildman–Crippen MR) is 133 cm³/mol. The fourth-order valence-corrected chi connectivity index (χ4v) is 3.36. The van der Waals surface area contributed by atoms with E-state index in [1.54, 1.807) is 51.1 Å². The van der Waals surface area contributed by atoms with Crippen LogP contribution in [0, 0.1) is 0 Å². The molecule has 0 radical (unpaired) electrons. The number of nitrogens with two attached hydrogens (primary N) is 2. The van der Waals surface area contributed by atoms with Crippen LogP contribution in [0.3, 0.4) is 0 Å². The average molecular weight is 522 g/mol. The summed E-state index contributed by atoms with van der Waals surface area (Å²) >= 11 is 0. The van der Waals surface area contributed by atoms with Crippen LogP contribution in [0.2, 0.25) is 0 Å². The van der Waals surface area contributed by atoms with E-state index in [4.69, 9.17) is 20.9 Å². The van der Waals surface area contributed by atoms with Crippen molar-refractivity contribution in [3.63, 3.8) is 0 Å². The molecule has 0 heterocycles. The standard InChI is InChI=1S/C26H33F2N3O6/c1-15(32)21(30)26(27,28)22(33)20(31-24(35)36-14-16-8-6-5-7-9-16)13-17-10-11-18(12-19(17)29)23(34)37-25(2,3)4/h5-12,20-22,33H,13-14,29-30H2,1-4H3,(H,31,35). The van der Waals surface area contributed by atoms with Crippen molar-refractivity contribution in [2.75, 3.05) is 5.73 Å². The molecule has 2 aromatic carbocycles. The smallest absolute Gasteiger partial charge is 0.407 e. The van der Waals surface area contributed by atoms with Gasteiger partial charge in [-0.25, -0.2) is 18.4 Å². The van der Waals surface area contributed by atoms with Crippen molar-refractivity contribution in [2.45, 2.75) is 70.4 Å². The Bertz CT molecular complexity index is 1110. The average Bonchev–Trinajstić information content (AvgIpc) is 2.81. The van der Waals surface area contributed by atoms with Gasteiger partial charge in [-0.3, -0.25) is 4.79 Å². The molecule has 3 unspecified atom stereocenters. The van der Waals surface area contributed by atoms with Crippen LogP contribution in [0.15, 0.2) is 48.5 Å². The van der Waals surface area contributed by atoms with Crippen LogP contribution in [-0.2, 0) is 27.3 Å². The molecule has 0 saturated heterocycles. The lowest BCUT2D eigenvalue weighted by Crippen LogP contribution is -2.60. The van der Waals surface area contributed by atoms with Gasteiger partial charge in [-0.15, -0.1) is 0 Å². The summed E-state index contributed by atoms with van der Waals surface area (Å²) in [4.78, 5) is 36.3. The van der Waals surface area contributed by atoms with Crippen molar-refractivity contribution in [3.05, 3.63) is 65.2 Å². The minimum Gasteiger partial charge on any atom is -0.456 e. The summed E-state index contributed by atoms with van der Waals surface area (Å²) in [6, 6.07) is 8.77. The van der Waals surface area contributed by atoms with Gasteiger partial charge in [-0.2, -0.15) is 0 Å². The molecule has 0 aromatic heterocycles. The highest BCUT2D eigenvalue weighted by Gasteiger charge is 2.50. The molecule has 202 valence electrons. The van der Waals surface area contributed by atoms with Crippen LogP contribution in [-0.4, -0.2) is 52.7 Å². The van der Waals surface area contributed by atoms with Crippen LogP contribution in [0.4, 0.5) is 19.3 Å². The summed E-state index contributed by atoms with van der Waals surface area (Å²) in [6.45, 7) is 5.82. The molecule has 0 fully saturated rings. The highest BCUT2D eigenvalue weighted by atomic mass is 19.3. The Morgan fingerprint density at radius 2 is 1.70 bits per heavy atom. The molecule has 0 aliphatic rings. The minimum absolute atomic E-state index is 0.0409. The zero-order valence-corrected chi connectivity index (χ0v) is 21.2. The second kappa shape index (κ2) is 12.1. The maximum Gasteiger partial charge on any atom is 0.407 e. The number of alkyl carbamates (subject to hydrolysis) is 1. The number of benzene rings is 2. The van der Waals surface area contributed by atoms with E-state index in [1.807, 2.05) is 0 Å². The SMILES string of the molecule is CC(=O)C(N)C(F)(F)C(O)C(Cc1ccc(C(=O)OC(C)(C)C)cc1N)NC(=O)OCc1ccccc1. The lowest BCUT2D eigenvalue weighted by atomic mass is 9.91. The number of Topliss-reactive ketones (excluding diaryl/α,β-unsaturated/α-hetero) is 1. The molecule has 0 saturated carbocycles. The maximum atomic E-state index is 14.9. The largest absolute Gasteiger partial charge is 0.456 e. The monoisotopic (exact) mass is 521 g/mol. The van der Waals surface area contributed by atoms with Crippen LogP contribution in [0.1, 0.15) is 49.2 Å². The van der Waals surface area contributed by atoms with E-state index in [0.717, 1.165) is 6.92 Å². The van der Waals surface area contributed by atoms with Gasteiger partial charge in [0.25, 0.3) is 5.92 Å². The summed E-state index contributed by atoms with van der Waals surface area (Å²) in [7, 11) is 0. The molecule has 0 bridgehead atoms. The number of hydrogen-bond donors (Lipinski definition) is 4. The number of amides is 1. The maximum absolute atomic E-state index is 14.9. The Morgan fingerprint density at radius 1 is 1.08 bits per heavy atom. The van der Waals surface area contributed by atoms with Crippen molar-refractivity contribution in [2.24, 2.45) is 5.73 Å². The number of ketones is 1. The minimum atomic E-state index is -4.09. The molecular formula is C26H33F2N3O6. The highest BCUT2D eigenvalue weighted by molar-refractivity contribution is 5.91. The molecule has 0 aliphatic carbocycles. The first kappa shape index (κ1) is 29.7. The Labute approximate surface area is 214 Å². The number of esters is 1. The molecule has 2 aromatic rings. The second-order valence-electron chi connectivity index (χ2n) is 9.64. The second-order valence-corrected chi connectivity index (χ2v) is 9.64. The van der Waals surface area contributed by atoms with Crippen LogP contribution in [0.5, 0.6) is 0 Å². The van der Waals surface area contributed by atoms with Crippen LogP contribution >= 0.6 is 0 Å². The van der Waals surface area contributed by atoms with E-state index in [0.29, 0.717) is 5.56 Å². The van der Waals surface area contributed by atoms with Crippen molar-refractivity contribution in [3.8, 4) is 0 Å². The lowest BCUT2D eigenvalue weighted by Gasteiger charge is -2.32. The summed E-state index contributed by atoms with van der Waals surface area (Å²) in [5, 5.41) is 12.8. The Hall–Kier alpha value is -3.57. The zero-order valence-electron chi connectivity index (χ0n) is 21.2. The number of ether oxygens (including phenoxy) is 2. The lowest BCUT2D eigenvalue weighted by molar-refractivity contribution is -0.151. The summed E-state index contributed by atoms with van der Waals surface area (Å²) in [6.07, 6.45) is -4.04. The molecule has 37 heavy (non-hydrogen) atoms. The third-order valence-electron chi connectivity index (χ3n) is 5.36. The van der Waals surface area contributed by atoms with E-state index < -0.39 is 47.6 Å².